The molecule has 0 aromatic heterocycles. The van der Waals surface area contributed by atoms with E-state index >= 15 is 0 Å². The molecule has 0 amide bonds. The van der Waals surface area contributed by atoms with Crippen molar-refractivity contribution in [2.24, 2.45) is 0 Å². The van der Waals surface area contributed by atoms with E-state index in [0.717, 1.165) is 6.42 Å². The van der Waals surface area contributed by atoms with Gasteiger partial charge in [-0.15, -0.1) is 0 Å². The van der Waals surface area contributed by atoms with Gasteiger partial charge in [-0.25, -0.2) is 0 Å². The van der Waals surface area contributed by atoms with E-state index in [9.17, 15) is 0 Å². The Morgan fingerprint density at radius 1 is 1.07 bits per heavy atom. The Morgan fingerprint density at radius 3 is 2.14 bits per heavy atom. The van der Waals surface area contributed by atoms with Crippen LogP contribution in [0.3, 0.4) is 0 Å². The zero-order valence-electron chi connectivity index (χ0n) is 10.1. The minimum absolute atomic E-state index is 1.12. The van der Waals surface area contributed by atoms with Gasteiger partial charge in [-0.2, -0.15) is 0 Å². The maximum absolute atomic E-state index is 2.20. The van der Waals surface area contributed by atoms with Gasteiger partial charge in [-0.3, -0.25) is 0 Å². The van der Waals surface area contributed by atoms with Gasteiger partial charge in [0.2, 0.25) is 0 Å². The molecule has 0 heteroatoms. The molecule has 0 heterocycles. The highest BCUT2D eigenvalue weighted by Crippen LogP contribution is 2.12. The summed E-state index contributed by atoms with van der Waals surface area (Å²) in [5, 5.41) is 0. The standard InChI is InChI=1S/C14H22/c1-6-9-14(13(5)8-3)11-10-12(4)7-2/h6,8-11H,7H2,1-5H3/b9-6+,12-10+,13-8+,14-11+. The van der Waals surface area contributed by atoms with Gasteiger partial charge < -0.3 is 0 Å². The summed E-state index contributed by atoms with van der Waals surface area (Å²) in [6.07, 6.45) is 11.9. The highest BCUT2D eigenvalue weighted by Gasteiger charge is 1.92. The first-order valence-electron chi connectivity index (χ1n) is 5.29. The van der Waals surface area contributed by atoms with Crippen molar-refractivity contribution in [3.05, 3.63) is 47.1 Å². The van der Waals surface area contributed by atoms with E-state index in [1.807, 2.05) is 6.92 Å². The molecule has 14 heavy (non-hydrogen) atoms. The van der Waals surface area contributed by atoms with Crippen molar-refractivity contribution in [1.29, 1.82) is 0 Å². The third kappa shape index (κ3) is 4.86. The van der Waals surface area contributed by atoms with Gasteiger partial charge in [0.05, 0.1) is 0 Å². The van der Waals surface area contributed by atoms with Gasteiger partial charge in [0.25, 0.3) is 0 Å². The van der Waals surface area contributed by atoms with E-state index in [1.54, 1.807) is 0 Å². The Morgan fingerprint density at radius 2 is 1.71 bits per heavy atom. The quantitative estimate of drug-likeness (QED) is 0.558. The molecule has 0 bridgehead atoms. The molecule has 0 aromatic rings. The molecule has 0 aromatic carbocycles. The van der Waals surface area contributed by atoms with Crippen LogP contribution in [-0.2, 0) is 0 Å². The van der Waals surface area contributed by atoms with Crippen molar-refractivity contribution < 1.29 is 0 Å². The Balaban J connectivity index is 4.83. The van der Waals surface area contributed by atoms with Crippen molar-refractivity contribution in [1.82, 2.24) is 0 Å². The zero-order chi connectivity index (χ0) is 11.0. The van der Waals surface area contributed by atoms with Gasteiger partial charge in [-0.05, 0) is 45.3 Å². The summed E-state index contributed by atoms with van der Waals surface area (Å²) in [7, 11) is 0. The van der Waals surface area contributed by atoms with Crippen LogP contribution < -0.4 is 0 Å². The molecule has 78 valence electrons. The van der Waals surface area contributed by atoms with Crippen LogP contribution in [0.15, 0.2) is 47.1 Å². The summed E-state index contributed by atoms with van der Waals surface area (Å²) in [5.74, 6) is 0. The minimum Gasteiger partial charge on any atom is -0.0871 e. The summed E-state index contributed by atoms with van der Waals surface area (Å²) < 4.78 is 0. The summed E-state index contributed by atoms with van der Waals surface area (Å²) in [5.41, 5.74) is 4.03. The fraction of sp³-hybridized carbons (Fsp3) is 0.429. The highest BCUT2D eigenvalue weighted by atomic mass is 14.0. The molecule has 0 nitrogen and oxygen atoms in total. The van der Waals surface area contributed by atoms with E-state index in [-0.39, 0.29) is 0 Å². The summed E-state index contributed by atoms with van der Waals surface area (Å²) in [4.78, 5) is 0. The molecule has 0 rings (SSSR count). The first kappa shape index (κ1) is 13.0. The molecule has 0 N–H and O–H groups in total. The Bertz CT molecular complexity index is 272. The van der Waals surface area contributed by atoms with Crippen molar-refractivity contribution in [2.75, 3.05) is 0 Å². The lowest BCUT2D eigenvalue weighted by Gasteiger charge is -2.00. The van der Waals surface area contributed by atoms with Crippen molar-refractivity contribution in [2.45, 2.75) is 41.0 Å². The van der Waals surface area contributed by atoms with E-state index in [2.05, 4.69) is 58.1 Å². The van der Waals surface area contributed by atoms with Crippen LogP contribution in [-0.4, -0.2) is 0 Å². The average molecular weight is 190 g/mol. The van der Waals surface area contributed by atoms with E-state index in [1.165, 1.54) is 16.7 Å². The highest BCUT2D eigenvalue weighted by molar-refractivity contribution is 5.40. The van der Waals surface area contributed by atoms with Crippen LogP contribution >= 0.6 is 0 Å². The molecule has 0 aliphatic rings. The smallest absolute Gasteiger partial charge is 0.0234 e. The molecule has 0 aliphatic heterocycles. The van der Waals surface area contributed by atoms with Crippen LogP contribution in [0.1, 0.15) is 41.0 Å². The maximum atomic E-state index is 2.20. The second-order valence-electron chi connectivity index (χ2n) is 3.46. The van der Waals surface area contributed by atoms with Gasteiger partial charge in [0.15, 0.2) is 0 Å². The molecule has 0 radical (unpaired) electrons. The second-order valence-corrected chi connectivity index (χ2v) is 3.46. The number of hydrogen-bond donors (Lipinski definition) is 0. The first-order valence-corrected chi connectivity index (χ1v) is 5.29. The Hall–Kier alpha value is -1.04. The number of allylic oxidation sites excluding steroid dienone is 8. The zero-order valence-corrected chi connectivity index (χ0v) is 10.1. The van der Waals surface area contributed by atoms with E-state index in [4.69, 9.17) is 0 Å². The lowest BCUT2D eigenvalue weighted by atomic mass is 10.1. The number of hydrogen-bond acceptors (Lipinski definition) is 0. The van der Waals surface area contributed by atoms with E-state index < -0.39 is 0 Å². The SMILES string of the molecule is C/C=C/C(=C\C=C(/C)CC)C(/C)=C/C. The monoisotopic (exact) mass is 190 g/mol. The third-order valence-corrected chi connectivity index (χ3v) is 2.34. The fourth-order valence-corrected chi connectivity index (χ4v) is 1.01. The molecule has 0 saturated heterocycles. The summed E-state index contributed by atoms with van der Waals surface area (Å²) in [6.45, 7) is 10.6. The van der Waals surface area contributed by atoms with Crippen LogP contribution in [0, 0.1) is 0 Å². The summed E-state index contributed by atoms with van der Waals surface area (Å²) in [6, 6.07) is 0. The van der Waals surface area contributed by atoms with Crippen molar-refractivity contribution in [3.63, 3.8) is 0 Å². The molecule has 0 fully saturated rings. The predicted molar refractivity (Wildman–Crippen MR) is 66.4 cm³/mol. The third-order valence-electron chi connectivity index (χ3n) is 2.34. The lowest BCUT2D eigenvalue weighted by molar-refractivity contribution is 1.10. The number of rotatable bonds is 4. The van der Waals surface area contributed by atoms with Crippen LogP contribution in [0.25, 0.3) is 0 Å². The van der Waals surface area contributed by atoms with Gasteiger partial charge in [0, 0.05) is 0 Å². The topological polar surface area (TPSA) is 0 Å². The van der Waals surface area contributed by atoms with Gasteiger partial charge in [0.1, 0.15) is 0 Å². The molecular formula is C14H22. The predicted octanol–water partition coefficient (Wildman–Crippen LogP) is 4.81. The van der Waals surface area contributed by atoms with Gasteiger partial charge in [-0.1, -0.05) is 42.9 Å². The maximum Gasteiger partial charge on any atom is -0.0234 e. The van der Waals surface area contributed by atoms with Crippen LogP contribution in [0.5, 0.6) is 0 Å². The molecule has 0 spiro atoms. The summed E-state index contributed by atoms with van der Waals surface area (Å²) >= 11 is 0. The molecule has 0 aliphatic carbocycles. The molecular weight excluding hydrogens is 168 g/mol. The minimum atomic E-state index is 1.12. The fourth-order valence-electron chi connectivity index (χ4n) is 1.01. The van der Waals surface area contributed by atoms with Crippen molar-refractivity contribution in [3.8, 4) is 0 Å². The van der Waals surface area contributed by atoms with Crippen molar-refractivity contribution >= 4 is 0 Å². The molecule has 0 atom stereocenters. The Kier molecular flexibility index (Phi) is 6.82. The Labute approximate surface area is 88.7 Å². The van der Waals surface area contributed by atoms with Crippen LogP contribution in [0.4, 0.5) is 0 Å². The second kappa shape index (κ2) is 7.37. The molecule has 0 unspecified atom stereocenters. The average Bonchev–Trinajstić information content (AvgIpc) is 2.22. The largest absolute Gasteiger partial charge is 0.0871 e. The normalized spacial score (nSPS) is 15.4. The first-order chi connectivity index (χ1) is 6.65. The van der Waals surface area contributed by atoms with Gasteiger partial charge >= 0.3 is 0 Å². The lowest BCUT2D eigenvalue weighted by Crippen LogP contribution is -1.80. The van der Waals surface area contributed by atoms with Crippen LogP contribution in [0.2, 0.25) is 0 Å². The van der Waals surface area contributed by atoms with E-state index in [0.29, 0.717) is 0 Å². The molecule has 0 saturated carbocycles.